The molecule has 2 N–H and O–H groups in total. The Balaban J connectivity index is 0.000000307. The van der Waals surface area contributed by atoms with Gasteiger partial charge in [0, 0.05) is 41.8 Å². The van der Waals surface area contributed by atoms with Crippen molar-refractivity contribution in [1.29, 1.82) is 0 Å². The molecule has 0 saturated heterocycles. The van der Waals surface area contributed by atoms with Gasteiger partial charge in [0.2, 0.25) is 0 Å². The molecule has 0 radical (unpaired) electrons. The van der Waals surface area contributed by atoms with Crippen LogP contribution in [0.15, 0.2) is 104 Å². The lowest BCUT2D eigenvalue weighted by atomic mass is 9.97. The number of hydrogen-bond acceptors (Lipinski definition) is 4. The average Bonchev–Trinajstić information content (AvgIpc) is 3.67. The zero-order valence-corrected chi connectivity index (χ0v) is 23.8. The van der Waals surface area contributed by atoms with Crippen molar-refractivity contribution in [3.8, 4) is 27.9 Å². The molecule has 0 fully saturated rings. The van der Waals surface area contributed by atoms with Crippen LogP contribution in [0.25, 0.3) is 33.5 Å². The molecule has 1 aliphatic heterocycles. The maximum atomic E-state index is 14.6. The minimum Gasteiger partial charge on any atom is -0.400 e. The number of carbonyl (C=O) groups is 2. The highest BCUT2D eigenvalue weighted by molar-refractivity contribution is 6.31. The minimum atomic E-state index is -0.380. The number of anilines is 1. The van der Waals surface area contributed by atoms with Crippen LogP contribution >= 0.6 is 0 Å². The van der Waals surface area contributed by atoms with Gasteiger partial charge in [0.15, 0.2) is 0 Å². The van der Waals surface area contributed by atoms with Gasteiger partial charge in [-0.2, -0.15) is 5.10 Å². The van der Waals surface area contributed by atoms with Crippen molar-refractivity contribution in [2.24, 2.45) is 0 Å². The second-order valence-electron chi connectivity index (χ2n) is 9.55. The molecule has 5 aromatic rings. The van der Waals surface area contributed by atoms with Crippen LogP contribution in [0.4, 0.5) is 10.1 Å². The van der Waals surface area contributed by atoms with E-state index in [0.717, 1.165) is 53.3 Å². The van der Waals surface area contributed by atoms with E-state index in [2.05, 4.69) is 30.0 Å². The second kappa shape index (κ2) is 14.7. The number of aldehydes is 1. The summed E-state index contributed by atoms with van der Waals surface area (Å²) in [7, 11) is 1.00. The second-order valence-corrected chi connectivity index (χ2v) is 9.55. The van der Waals surface area contributed by atoms with E-state index >= 15 is 0 Å². The summed E-state index contributed by atoms with van der Waals surface area (Å²) in [4.78, 5) is 22.2. The van der Waals surface area contributed by atoms with Crippen molar-refractivity contribution in [3.05, 3.63) is 132 Å². The van der Waals surface area contributed by atoms with Crippen LogP contribution in [0.2, 0.25) is 0 Å². The zero-order chi connectivity index (χ0) is 30.2. The third-order valence-corrected chi connectivity index (χ3v) is 7.00. The van der Waals surface area contributed by atoms with Gasteiger partial charge in [-0.05, 0) is 77.6 Å². The lowest BCUT2D eigenvalue weighted by Gasteiger charge is -2.09. The number of hydrogen-bond donors (Lipinski definition) is 2. The third kappa shape index (κ3) is 7.20. The standard InChI is InChI=1S/C24H16FN3O.C10H12O.CH4O.CH4/c1-15-20-13-21(22(25)14-23(20)27-24(15)29)18-5-3-16(4-6-18)17-7-9-19(10-8-17)28-12-2-11-26-28;1-3-9-5-4-8(2)10(6-9)7-11;1-2;/h2-14H,1H2,(H,27,29);4-7H,3H2,1-2H3;2H,1H3;1H4. The number of carbonyl (C=O) groups excluding carboxylic acids is 2. The van der Waals surface area contributed by atoms with Crippen molar-refractivity contribution >= 4 is 23.5 Å². The molecule has 0 aliphatic carbocycles. The van der Waals surface area contributed by atoms with Crippen LogP contribution in [0, 0.1) is 12.7 Å². The topological polar surface area (TPSA) is 84.2 Å². The Morgan fingerprint density at radius 2 is 1.56 bits per heavy atom. The first-order chi connectivity index (χ1) is 20.4. The van der Waals surface area contributed by atoms with Crippen molar-refractivity contribution in [1.82, 2.24) is 9.78 Å². The number of aromatic nitrogens is 2. The number of halogens is 1. The van der Waals surface area contributed by atoms with E-state index in [4.69, 9.17) is 5.11 Å². The highest BCUT2D eigenvalue weighted by atomic mass is 19.1. The molecule has 6 rings (SSSR count). The van der Waals surface area contributed by atoms with Crippen LogP contribution in [-0.4, -0.2) is 34.2 Å². The summed E-state index contributed by atoms with van der Waals surface area (Å²) < 4.78 is 16.4. The molecule has 0 spiro atoms. The molecule has 1 amide bonds. The maximum absolute atomic E-state index is 14.6. The van der Waals surface area contributed by atoms with Crippen molar-refractivity contribution in [2.45, 2.75) is 27.7 Å². The Morgan fingerprint density at radius 3 is 2.14 bits per heavy atom. The minimum absolute atomic E-state index is 0. The van der Waals surface area contributed by atoms with Gasteiger partial charge in [-0.15, -0.1) is 0 Å². The first kappa shape index (κ1) is 32.4. The number of fused-ring (bicyclic) bond motifs is 1. The summed E-state index contributed by atoms with van der Waals surface area (Å²) in [5.74, 6) is -0.666. The number of amides is 1. The van der Waals surface area contributed by atoms with Gasteiger partial charge in [0.05, 0.1) is 11.4 Å². The summed E-state index contributed by atoms with van der Waals surface area (Å²) >= 11 is 0. The molecule has 2 heterocycles. The van der Waals surface area contributed by atoms with Gasteiger partial charge >= 0.3 is 0 Å². The molecule has 4 aromatic carbocycles. The van der Waals surface area contributed by atoms with E-state index in [9.17, 15) is 14.0 Å². The third-order valence-electron chi connectivity index (χ3n) is 7.00. The molecule has 0 bridgehead atoms. The Hall–Kier alpha value is -5.14. The lowest BCUT2D eigenvalue weighted by molar-refractivity contribution is -0.110. The van der Waals surface area contributed by atoms with Crippen LogP contribution in [0.3, 0.4) is 0 Å². The van der Waals surface area contributed by atoms with E-state index in [-0.39, 0.29) is 19.2 Å². The molecular formula is C36H36FN3O3. The number of nitrogens with one attached hydrogen (secondary N) is 1. The molecule has 0 unspecified atom stereocenters. The first-order valence-corrected chi connectivity index (χ1v) is 13.4. The van der Waals surface area contributed by atoms with Gasteiger partial charge in [0.1, 0.15) is 12.1 Å². The zero-order valence-electron chi connectivity index (χ0n) is 23.8. The summed E-state index contributed by atoms with van der Waals surface area (Å²) in [6.45, 7) is 7.81. The molecule has 0 atom stereocenters. The van der Waals surface area contributed by atoms with Gasteiger partial charge in [-0.3, -0.25) is 9.59 Å². The molecule has 6 nitrogen and oxygen atoms in total. The quantitative estimate of drug-likeness (QED) is 0.164. The molecule has 0 saturated carbocycles. The van der Waals surface area contributed by atoms with Crippen molar-refractivity contribution in [3.63, 3.8) is 0 Å². The fourth-order valence-electron chi connectivity index (χ4n) is 4.57. The summed E-state index contributed by atoms with van der Waals surface area (Å²) in [6.07, 6.45) is 5.54. The van der Waals surface area contributed by atoms with E-state index in [0.29, 0.717) is 22.4 Å². The molecule has 1 aliphatic rings. The van der Waals surface area contributed by atoms with Crippen molar-refractivity contribution < 1.29 is 19.1 Å². The molecule has 1 aromatic heterocycles. The number of aliphatic hydroxyl groups is 1. The number of benzene rings is 4. The molecule has 220 valence electrons. The number of nitrogens with zero attached hydrogens (tertiary/aromatic N) is 2. The predicted molar refractivity (Wildman–Crippen MR) is 173 cm³/mol. The number of rotatable bonds is 5. The van der Waals surface area contributed by atoms with Crippen LogP contribution in [-0.2, 0) is 11.2 Å². The Labute approximate surface area is 252 Å². The fraction of sp³-hybridized carbons (Fsp3) is 0.139. The van der Waals surface area contributed by atoms with Gasteiger partial charge in [0.25, 0.3) is 5.91 Å². The molecule has 43 heavy (non-hydrogen) atoms. The SMILES string of the molecule is C.C=C1C(=O)Nc2cc(F)c(-c3ccc(-c4ccc(-n5cccn5)cc4)cc3)cc21.CCc1ccc(C)c(C=O)c1.CO. The largest absolute Gasteiger partial charge is 0.400 e. The van der Waals surface area contributed by atoms with Gasteiger partial charge in [-0.25, -0.2) is 9.07 Å². The average molecular weight is 578 g/mol. The van der Waals surface area contributed by atoms with Crippen LogP contribution in [0.1, 0.15) is 41.4 Å². The summed E-state index contributed by atoms with van der Waals surface area (Å²) in [5.41, 5.74) is 8.82. The van der Waals surface area contributed by atoms with Crippen LogP contribution < -0.4 is 5.32 Å². The lowest BCUT2D eigenvalue weighted by Crippen LogP contribution is -2.02. The Bertz CT molecular complexity index is 1710. The summed E-state index contributed by atoms with van der Waals surface area (Å²) in [6, 6.07) is 26.7. The Morgan fingerprint density at radius 1 is 0.930 bits per heavy atom. The van der Waals surface area contributed by atoms with Gasteiger partial charge in [-0.1, -0.05) is 69.5 Å². The number of aliphatic hydroxyl groups excluding tert-OH is 1. The highest BCUT2D eigenvalue weighted by Crippen LogP contribution is 2.36. The Kier molecular flexibility index (Phi) is 11.0. The monoisotopic (exact) mass is 577 g/mol. The molecular weight excluding hydrogens is 541 g/mol. The van der Waals surface area contributed by atoms with Crippen molar-refractivity contribution in [2.75, 3.05) is 12.4 Å². The maximum Gasteiger partial charge on any atom is 0.255 e. The molecule has 7 heteroatoms. The van der Waals surface area contributed by atoms with E-state index in [1.807, 2.05) is 79.9 Å². The first-order valence-electron chi connectivity index (χ1n) is 13.4. The summed E-state index contributed by atoms with van der Waals surface area (Å²) in [5, 5.41) is 13.9. The van der Waals surface area contributed by atoms with E-state index in [1.165, 1.54) is 11.6 Å². The predicted octanol–water partition coefficient (Wildman–Crippen LogP) is 7.93. The normalized spacial score (nSPS) is 11.2. The van der Waals surface area contributed by atoms with E-state index in [1.54, 1.807) is 16.9 Å². The smallest absolute Gasteiger partial charge is 0.255 e. The van der Waals surface area contributed by atoms with E-state index < -0.39 is 0 Å². The number of aryl methyl sites for hydroxylation is 2. The van der Waals surface area contributed by atoms with Gasteiger partial charge < -0.3 is 10.4 Å². The highest BCUT2D eigenvalue weighted by Gasteiger charge is 2.24. The fourth-order valence-corrected chi connectivity index (χ4v) is 4.57. The van der Waals surface area contributed by atoms with Crippen LogP contribution in [0.5, 0.6) is 0 Å².